The molecule has 0 amide bonds. The van der Waals surface area contributed by atoms with Crippen LogP contribution in [0.2, 0.25) is 0 Å². The summed E-state index contributed by atoms with van der Waals surface area (Å²) in [6.45, 7) is 5.75. The van der Waals surface area contributed by atoms with E-state index in [1.807, 2.05) is 56.3 Å². The van der Waals surface area contributed by atoms with Gasteiger partial charge in [-0.25, -0.2) is 0 Å². The first-order chi connectivity index (χ1) is 12.7. The van der Waals surface area contributed by atoms with Crippen molar-refractivity contribution in [1.82, 2.24) is 4.98 Å². The number of ether oxygens (including phenoxy) is 2. The molecule has 5 heteroatoms. The van der Waals surface area contributed by atoms with Crippen LogP contribution in [0.5, 0.6) is 17.4 Å². The summed E-state index contributed by atoms with van der Waals surface area (Å²) in [5.74, 6) is 1.69. The standard InChI is InChI=1S/C21H24N2O3/c1-3-25-19-10-9-15(13-20(19)26-4-2)11-12-22-14-17-16-7-5-6-8-18(16)23-21(17)24/h5-10,13-14,23-24H,3-4,11-12H2,1-2H3. The molecular weight excluding hydrogens is 328 g/mol. The lowest BCUT2D eigenvalue weighted by Gasteiger charge is -2.12. The fraction of sp³-hybridized carbons (Fsp3) is 0.286. The Morgan fingerprint density at radius 1 is 1.04 bits per heavy atom. The number of hydrogen-bond acceptors (Lipinski definition) is 4. The molecule has 0 fully saturated rings. The number of hydrogen-bond donors (Lipinski definition) is 2. The number of aliphatic imine (C=N–C) groups is 1. The number of rotatable bonds is 8. The maximum Gasteiger partial charge on any atom is 0.198 e. The van der Waals surface area contributed by atoms with Crippen molar-refractivity contribution in [2.45, 2.75) is 20.3 Å². The number of para-hydroxylation sites is 1. The Morgan fingerprint density at radius 2 is 1.81 bits per heavy atom. The van der Waals surface area contributed by atoms with Gasteiger partial charge in [0.2, 0.25) is 0 Å². The zero-order chi connectivity index (χ0) is 18.4. The van der Waals surface area contributed by atoms with Crippen LogP contribution in [0.25, 0.3) is 10.9 Å². The second-order valence-corrected chi connectivity index (χ2v) is 5.87. The molecule has 3 rings (SSSR count). The monoisotopic (exact) mass is 352 g/mol. The van der Waals surface area contributed by atoms with E-state index in [4.69, 9.17) is 9.47 Å². The number of aromatic hydroxyl groups is 1. The van der Waals surface area contributed by atoms with Crippen LogP contribution in [-0.4, -0.2) is 36.1 Å². The summed E-state index contributed by atoms with van der Waals surface area (Å²) in [6.07, 6.45) is 2.51. The fourth-order valence-corrected chi connectivity index (χ4v) is 2.88. The molecular formula is C21H24N2O3. The highest BCUT2D eigenvalue weighted by atomic mass is 16.5. The van der Waals surface area contributed by atoms with Gasteiger partial charge in [0.25, 0.3) is 0 Å². The van der Waals surface area contributed by atoms with Gasteiger partial charge in [0.05, 0.1) is 18.8 Å². The first-order valence-electron chi connectivity index (χ1n) is 8.91. The quantitative estimate of drug-likeness (QED) is 0.593. The van der Waals surface area contributed by atoms with Gasteiger partial charge in [0.1, 0.15) is 0 Å². The van der Waals surface area contributed by atoms with Crippen molar-refractivity contribution in [2.24, 2.45) is 4.99 Å². The molecule has 136 valence electrons. The largest absolute Gasteiger partial charge is 0.494 e. The Labute approximate surface area is 153 Å². The third-order valence-electron chi connectivity index (χ3n) is 4.08. The zero-order valence-electron chi connectivity index (χ0n) is 15.2. The Hall–Kier alpha value is -2.95. The third-order valence-corrected chi connectivity index (χ3v) is 4.08. The normalized spacial score (nSPS) is 11.3. The molecule has 5 nitrogen and oxygen atoms in total. The van der Waals surface area contributed by atoms with Gasteiger partial charge in [0, 0.05) is 23.7 Å². The Balaban J connectivity index is 1.68. The van der Waals surface area contributed by atoms with Crippen molar-refractivity contribution >= 4 is 17.1 Å². The van der Waals surface area contributed by atoms with Crippen molar-refractivity contribution in [3.63, 3.8) is 0 Å². The van der Waals surface area contributed by atoms with Crippen LogP contribution in [0.1, 0.15) is 25.0 Å². The molecule has 0 aliphatic rings. The van der Waals surface area contributed by atoms with Gasteiger partial charge in [0.15, 0.2) is 17.4 Å². The Bertz CT molecular complexity index is 899. The first-order valence-corrected chi connectivity index (χ1v) is 8.91. The maximum atomic E-state index is 10.1. The van der Waals surface area contributed by atoms with Crippen molar-refractivity contribution in [1.29, 1.82) is 0 Å². The van der Waals surface area contributed by atoms with Gasteiger partial charge in [-0.1, -0.05) is 24.3 Å². The smallest absolute Gasteiger partial charge is 0.198 e. The minimum Gasteiger partial charge on any atom is -0.494 e. The average Bonchev–Trinajstić information content (AvgIpc) is 2.96. The molecule has 0 aliphatic carbocycles. The zero-order valence-corrected chi connectivity index (χ0v) is 15.2. The lowest BCUT2D eigenvalue weighted by Crippen LogP contribution is -2.00. The van der Waals surface area contributed by atoms with Crippen molar-refractivity contribution in [3.8, 4) is 17.4 Å². The maximum absolute atomic E-state index is 10.1. The molecule has 0 radical (unpaired) electrons. The van der Waals surface area contributed by atoms with Crippen LogP contribution >= 0.6 is 0 Å². The van der Waals surface area contributed by atoms with Gasteiger partial charge in [-0.05, 0) is 44.0 Å². The highest BCUT2D eigenvalue weighted by Crippen LogP contribution is 2.29. The van der Waals surface area contributed by atoms with Crippen LogP contribution in [0.15, 0.2) is 47.5 Å². The molecule has 1 heterocycles. The van der Waals surface area contributed by atoms with Gasteiger partial charge in [-0.15, -0.1) is 0 Å². The van der Waals surface area contributed by atoms with Crippen LogP contribution in [0.4, 0.5) is 0 Å². The number of fused-ring (bicyclic) bond motifs is 1. The second kappa shape index (κ2) is 8.43. The number of H-pyrrole nitrogens is 1. The molecule has 2 N–H and O–H groups in total. The molecule has 0 aliphatic heterocycles. The number of aromatic nitrogens is 1. The van der Waals surface area contributed by atoms with E-state index in [1.54, 1.807) is 6.21 Å². The van der Waals surface area contributed by atoms with E-state index in [0.29, 0.717) is 19.8 Å². The Morgan fingerprint density at radius 3 is 2.62 bits per heavy atom. The van der Waals surface area contributed by atoms with Crippen molar-refractivity contribution < 1.29 is 14.6 Å². The van der Waals surface area contributed by atoms with Gasteiger partial charge < -0.3 is 19.6 Å². The van der Waals surface area contributed by atoms with Crippen LogP contribution < -0.4 is 9.47 Å². The average molecular weight is 352 g/mol. The summed E-state index contributed by atoms with van der Waals surface area (Å²) >= 11 is 0. The molecule has 2 aromatic carbocycles. The number of nitrogens with one attached hydrogen (secondary N) is 1. The van der Waals surface area contributed by atoms with Crippen LogP contribution in [0, 0.1) is 0 Å². The fourth-order valence-electron chi connectivity index (χ4n) is 2.88. The molecule has 26 heavy (non-hydrogen) atoms. The first kappa shape index (κ1) is 17.9. The summed E-state index contributed by atoms with van der Waals surface area (Å²) in [4.78, 5) is 7.44. The third kappa shape index (κ3) is 3.99. The summed E-state index contributed by atoms with van der Waals surface area (Å²) in [7, 11) is 0. The summed E-state index contributed by atoms with van der Waals surface area (Å²) in [5.41, 5.74) is 2.76. The van der Waals surface area contributed by atoms with Gasteiger partial charge >= 0.3 is 0 Å². The summed E-state index contributed by atoms with van der Waals surface area (Å²) < 4.78 is 11.2. The predicted molar refractivity (Wildman–Crippen MR) is 105 cm³/mol. The van der Waals surface area contributed by atoms with Crippen LogP contribution in [-0.2, 0) is 6.42 Å². The summed E-state index contributed by atoms with van der Waals surface area (Å²) in [6, 6.07) is 13.8. The molecule has 0 spiro atoms. The molecule has 3 aromatic rings. The lowest BCUT2D eigenvalue weighted by atomic mass is 10.1. The highest BCUT2D eigenvalue weighted by molar-refractivity contribution is 6.01. The SMILES string of the molecule is CCOc1ccc(CCN=Cc2c(O)[nH]c3ccccc23)cc1OCC. The summed E-state index contributed by atoms with van der Waals surface area (Å²) in [5, 5.41) is 11.0. The van der Waals surface area contributed by atoms with E-state index in [0.717, 1.165) is 39.9 Å². The van der Waals surface area contributed by atoms with E-state index in [1.165, 1.54) is 0 Å². The molecule has 0 saturated carbocycles. The topological polar surface area (TPSA) is 66.8 Å². The van der Waals surface area contributed by atoms with Crippen LogP contribution in [0.3, 0.4) is 0 Å². The number of nitrogens with zero attached hydrogens (tertiary/aromatic N) is 1. The second-order valence-electron chi connectivity index (χ2n) is 5.87. The van der Waals surface area contributed by atoms with Crippen molar-refractivity contribution in [2.75, 3.05) is 19.8 Å². The minimum atomic E-state index is 0.148. The van der Waals surface area contributed by atoms with Crippen molar-refractivity contribution in [3.05, 3.63) is 53.6 Å². The van der Waals surface area contributed by atoms with Gasteiger partial charge in [-0.3, -0.25) is 4.99 Å². The van der Waals surface area contributed by atoms with E-state index >= 15 is 0 Å². The highest BCUT2D eigenvalue weighted by Gasteiger charge is 2.08. The molecule has 1 aromatic heterocycles. The van der Waals surface area contributed by atoms with E-state index in [-0.39, 0.29) is 5.88 Å². The van der Waals surface area contributed by atoms with E-state index in [2.05, 4.69) is 9.98 Å². The van der Waals surface area contributed by atoms with Gasteiger partial charge in [-0.2, -0.15) is 0 Å². The van der Waals surface area contributed by atoms with E-state index in [9.17, 15) is 5.11 Å². The Kier molecular flexibility index (Phi) is 5.79. The molecule has 0 bridgehead atoms. The number of benzene rings is 2. The molecule has 0 atom stereocenters. The molecule has 0 saturated heterocycles. The molecule has 0 unspecified atom stereocenters. The number of aromatic amines is 1. The lowest BCUT2D eigenvalue weighted by molar-refractivity contribution is 0.287. The predicted octanol–water partition coefficient (Wildman–Crippen LogP) is 4.33. The minimum absolute atomic E-state index is 0.148. The van der Waals surface area contributed by atoms with E-state index < -0.39 is 0 Å².